The van der Waals surface area contributed by atoms with E-state index in [1.54, 1.807) is 36.0 Å². The van der Waals surface area contributed by atoms with E-state index >= 15 is 0 Å². The van der Waals surface area contributed by atoms with E-state index in [2.05, 4.69) is 35.4 Å². The van der Waals surface area contributed by atoms with Gasteiger partial charge in [0.25, 0.3) is 0 Å². The van der Waals surface area contributed by atoms with Crippen molar-refractivity contribution in [2.24, 2.45) is 0 Å². The molecule has 2 aromatic heterocycles. The Morgan fingerprint density at radius 2 is 1.96 bits per heavy atom. The fourth-order valence-corrected chi connectivity index (χ4v) is 3.06. The van der Waals surface area contributed by atoms with Crippen LogP contribution in [0.4, 0.5) is 0 Å². The monoisotopic (exact) mass is 391 g/mol. The first-order chi connectivity index (χ1) is 12.8. The number of carbonyl (C=O) groups excluding carboxylic acids is 1. The third-order valence-electron chi connectivity index (χ3n) is 4.09. The lowest BCUT2D eigenvalue weighted by Gasteiger charge is -2.27. The summed E-state index contributed by atoms with van der Waals surface area (Å²) in [7, 11) is -0.766. The summed E-state index contributed by atoms with van der Waals surface area (Å²) in [6, 6.07) is 5.30. The van der Waals surface area contributed by atoms with Gasteiger partial charge in [-0.1, -0.05) is 13.5 Å². The van der Waals surface area contributed by atoms with Crippen LogP contribution in [0.3, 0.4) is 0 Å². The predicted molar refractivity (Wildman–Crippen MR) is 111 cm³/mol. The van der Waals surface area contributed by atoms with E-state index in [9.17, 15) is 4.79 Å². The molecule has 0 fully saturated rings. The summed E-state index contributed by atoms with van der Waals surface area (Å²) in [6.45, 7) is 8.78. The first kappa shape index (κ1) is 21.0. The van der Waals surface area contributed by atoms with E-state index in [0.29, 0.717) is 42.6 Å². The maximum absolute atomic E-state index is 12.0. The average Bonchev–Trinajstić information content (AvgIpc) is 3.09. The molecule has 6 nitrogen and oxygen atoms in total. The Balaban J connectivity index is 2.07. The van der Waals surface area contributed by atoms with Gasteiger partial charge in [-0.05, 0) is 49.1 Å². The molecule has 0 aliphatic rings. The zero-order valence-corrected chi connectivity index (χ0v) is 17.6. The second kappa shape index (κ2) is 9.08. The summed E-state index contributed by atoms with van der Waals surface area (Å²) < 4.78 is 12.5. The van der Waals surface area contributed by atoms with Crippen molar-refractivity contribution in [3.63, 3.8) is 0 Å². The van der Waals surface area contributed by atoms with Gasteiger partial charge in [0.15, 0.2) is 5.82 Å². The molecule has 148 valence electrons. The van der Waals surface area contributed by atoms with Crippen molar-refractivity contribution in [2.75, 3.05) is 32.0 Å². The minimum absolute atomic E-state index is 0.340. The first-order valence-electron chi connectivity index (χ1n) is 8.98. The minimum Gasteiger partial charge on any atom is -0.476 e. The minimum atomic E-state index is -0.766. The number of nitrogens with zero attached hydrogens (tertiary/aromatic N) is 3. The van der Waals surface area contributed by atoms with Crippen LogP contribution in [0.5, 0.6) is 5.88 Å². The standard InChI is InChI=1S/C20H29N3O3S/c1-7-17-16(20(24)25-8-2)9-10-18(21-17)23-13-11-19(22-23)26-14-12-15(3)27(4,5)6/h9-11,13H,3,7-8,12,14H2,1-2,4-6H3. The number of ether oxygens (including phenoxy) is 2. The Hall–Kier alpha value is -2.28. The lowest BCUT2D eigenvalue weighted by atomic mass is 10.1. The Labute approximate surface area is 162 Å². The molecule has 0 atom stereocenters. The quantitative estimate of drug-likeness (QED) is 0.605. The molecule has 0 unspecified atom stereocenters. The van der Waals surface area contributed by atoms with Crippen LogP contribution >= 0.6 is 10.0 Å². The van der Waals surface area contributed by atoms with E-state index in [1.165, 1.54) is 4.91 Å². The van der Waals surface area contributed by atoms with Crippen molar-refractivity contribution in [1.29, 1.82) is 0 Å². The van der Waals surface area contributed by atoms with Crippen LogP contribution in [-0.4, -0.2) is 52.7 Å². The van der Waals surface area contributed by atoms with Crippen molar-refractivity contribution < 1.29 is 14.3 Å². The molecule has 2 aromatic rings. The van der Waals surface area contributed by atoms with E-state index in [4.69, 9.17) is 9.47 Å². The Kier molecular flexibility index (Phi) is 7.07. The molecule has 0 spiro atoms. The summed E-state index contributed by atoms with van der Waals surface area (Å²) in [5, 5.41) is 4.42. The maximum Gasteiger partial charge on any atom is 0.339 e. The zero-order valence-electron chi connectivity index (χ0n) is 16.8. The van der Waals surface area contributed by atoms with Gasteiger partial charge in [0, 0.05) is 18.7 Å². The average molecular weight is 392 g/mol. The van der Waals surface area contributed by atoms with E-state index in [1.807, 2.05) is 6.92 Å². The van der Waals surface area contributed by atoms with Gasteiger partial charge in [0.2, 0.25) is 5.88 Å². The summed E-state index contributed by atoms with van der Waals surface area (Å²) in [5.41, 5.74) is 1.18. The highest BCUT2D eigenvalue weighted by Gasteiger charge is 2.15. The van der Waals surface area contributed by atoms with Crippen LogP contribution in [0.15, 0.2) is 35.9 Å². The van der Waals surface area contributed by atoms with Crippen molar-refractivity contribution in [1.82, 2.24) is 14.8 Å². The van der Waals surface area contributed by atoms with E-state index in [-0.39, 0.29) is 5.97 Å². The van der Waals surface area contributed by atoms with E-state index in [0.717, 1.165) is 6.42 Å². The van der Waals surface area contributed by atoms with Crippen LogP contribution in [0.1, 0.15) is 36.3 Å². The molecule has 0 aromatic carbocycles. The van der Waals surface area contributed by atoms with Gasteiger partial charge in [0.1, 0.15) is 0 Å². The van der Waals surface area contributed by atoms with Crippen LogP contribution in [0.25, 0.3) is 5.82 Å². The summed E-state index contributed by atoms with van der Waals surface area (Å²) >= 11 is 0. The third kappa shape index (κ3) is 5.60. The number of aromatic nitrogens is 3. The normalized spacial score (nSPS) is 11.9. The highest BCUT2D eigenvalue weighted by Crippen LogP contribution is 2.44. The molecule has 0 saturated heterocycles. The molecule has 0 radical (unpaired) electrons. The van der Waals surface area contributed by atoms with Gasteiger partial charge in [-0.2, -0.15) is 0 Å². The smallest absolute Gasteiger partial charge is 0.339 e. The lowest BCUT2D eigenvalue weighted by molar-refractivity contribution is 0.0524. The lowest BCUT2D eigenvalue weighted by Crippen LogP contribution is -2.11. The maximum atomic E-state index is 12.0. The molecule has 2 rings (SSSR count). The predicted octanol–water partition coefficient (Wildman–Crippen LogP) is 3.98. The molecule has 27 heavy (non-hydrogen) atoms. The number of aryl methyl sites for hydroxylation is 1. The van der Waals surface area contributed by atoms with Crippen molar-refractivity contribution >= 4 is 16.0 Å². The molecule has 0 N–H and O–H groups in total. The topological polar surface area (TPSA) is 66.2 Å². The fourth-order valence-electron chi connectivity index (χ4n) is 2.37. The van der Waals surface area contributed by atoms with Crippen LogP contribution in [0.2, 0.25) is 0 Å². The Morgan fingerprint density at radius 3 is 2.59 bits per heavy atom. The van der Waals surface area contributed by atoms with Crippen molar-refractivity contribution in [2.45, 2.75) is 26.7 Å². The van der Waals surface area contributed by atoms with Crippen LogP contribution in [-0.2, 0) is 11.2 Å². The van der Waals surface area contributed by atoms with Gasteiger partial charge in [-0.25, -0.2) is 24.5 Å². The molecule has 0 bridgehead atoms. The van der Waals surface area contributed by atoms with Crippen molar-refractivity contribution in [3.05, 3.63) is 47.1 Å². The number of pyridine rings is 1. The van der Waals surface area contributed by atoms with Gasteiger partial charge < -0.3 is 9.47 Å². The Morgan fingerprint density at radius 1 is 1.22 bits per heavy atom. The molecule has 0 amide bonds. The summed E-state index contributed by atoms with van der Waals surface area (Å²) in [4.78, 5) is 17.8. The molecule has 7 heteroatoms. The molecular weight excluding hydrogens is 362 g/mol. The fraction of sp³-hybridized carbons (Fsp3) is 0.450. The molecular formula is C20H29N3O3S. The second-order valence-electron chi connectivity index (χ2n) is 6.81. The first-order valence-corrected chi connectivity index (χ1v) is 11.8. The number of carbonyl (C=O) groups is 1. The van der Waals surface area contributed by atoms with Gasteiger partial charge in [0.05, 0.1) is 24.5 Å². The van der Waals surface area contributed by atoms with Gasteiger partial charge in [-0.3, -0.25) is 0 Å². The van der Waals surface area contributed by atoms with Crippen LogP contribution in [0, 0.1) is 0 Å². The largest absolute Gasteiger partial charge is 0.476 e. The molecule has 2 heterocycles. The summed E-state index contributed by atoms with van der Waals surface area (Å²) in [5.74, 6) is 0.832. The highest BCUT2D eigenvalue weighted by molar-refractivity contribution is 8.35. The van der Waals surface area contributed by atoms with Crippen LogP contribution < -0.4 is 4.74 Å². The number of rotatable bonds is 9. The zero-order chi connectivity index (χ0) is 20.0. The highest BCUT2D eigenvalue weighted by atomic mass is 32.3. The molecule has 0 aliphatic carbocycles. The van der Waals surface area contributed by atoms with E-state index < -0.39 is 10.0 Å². The number of hydrogen-bond acceptors (Lipinski definition) is 5. The molecule has 0 aliphatic heterocycles. The van der Waals surface area contributed by atoms with Gasteiger partial charge in [-0.15, -0.1) is 5.10 Å². The molecule has 0 saturated carbocycles. The Bertz CT molecular complexity index is 809. The number of hydrogen-bond donors (Lipinski definition) is 0. The summed E-state index contributed by atoms with van der Waals surface area (Å²) in [6.07, 6.45) is 9.91. The van der Waals surface area contributed by atoms with Gasteiger partial charge >= 0.3 is 5.97 Å². The van der Waals surface area contributed by atoms with Crippen molar-refractivity contribution in [3.8, 4) is 11.7 Å². The number of esters is 1. The third-order valence-corrected chi connectivity index (χ3v) is 6.02. The SMILES string of the molecule is C=C(CCOc1ccn(-c2ccc(C(=O)OCC)c(CC)n2)n1)S(C)(C)C. The second-order valence-corrected chi connectivity index (χ2v) is 11.1.